The first-order valence-electron chi connectivity index (χ1n) is 8.05. The monoisotopic (exact) mass is 291 g/mol. The number of rotatable bonds is 1. The third-order valence-corrected chi connectivity index (χ3v) is 4.68. The lowest BCUT2D eigenvalue weighted by atomic mass is 9.83. The van der Waals surface area contributed by atoms with Crippen LogP contribution in [0.15, 0.2) is 54.6 Å². The van der Waals surface area contributed by atoms with Gasteiger partial charge >= 0.3 is 0 Å². The third kappa shape index (κ3) is 2.34. The molecule has 1 saturated heterocycles. The van der Waals surface area contributed by atoms with Crippen LogP contribution in [0.2, 0.25) is 0 Å². The number of hydrogen-bond acceptors (Lipinski definition) is 2. The summed E-state index contributed by atoms with van der Waals surface area (Å²) < 4.78 is 6.45. The van der Waals surface area contributed by atoms with Gasteiger partial charge in [0.05, 0.1) is 0 Å². The molecule has 0 amide bonds. The Morgan fingerprint density at radius 2 is 1.77 bits per heavy atom. The fraction of sp³-hybridized carbons (Fsp3) is 0.300. The minimum absolute atomic E-state index is 0.154. The lowest BCUT2D eigenvalue weighted by molar-refractivity contribution is 0.0817. The molecule has 0 atom stereocenters. The second-order valence-electron chi connectivity index (χ2n) is 6.34. The average Bonchev–Trinajstić information content (AvgIpc) is 2.56. The van der Waals surface area contributed by atoms with Gasteiger partial charge in [0, 0.05) is 18.4 Å². The fourth-order valence-corrected chi connectivity index (χ4v) is 3.49. The maximum atomic E-state index is 6.45. The van der Waals surface area contributed by atoms with Crippen molar-refractivity contribution in [3.8, 4) is 5.75 Å². The standard InChI is InChI=1S/C20H21NO/c1-15-7-8-19-17(13-15)18(16-5-3-2-4-6-16)14-20(22-19)9-11-21-12-10-20/h2-8,13-14,21H,9-12H2,1H3. The van der Waals surface area contributed by atoms with Crippen molar-refractivity contribution in [1.82, 2.24) is 5.32 Å². The summed E-state index contributed by atoms with van der Waals surface area (Å²) in [7, 11) is 0. The molecule has 1 fully saturated rings. The summed E-state index contributed by atoms with van der Waals surface area (Å²) in [4.78, 5) is 0. The minimum Gasteiger partial charge on any atom is -0.482 e. The van der Waals surface area contributed by atoms with E-state index in [0.29, 0.717) is 0 Å². The van der Waals surface area contributed by atoms with Crippen LogP contribution in [0.1, 0.15) is 29.5 Å². The van der Waals surface area contributed by atoms with E-state index in [-0.39, 0.29) is 5.60 Å². The molecule has 2 aliphatic heterocycles. The zero-order chi connectivity index (χ0) is 15.0. The molecular formula is C20H21NO. The Balaban J connectivity index is 1.88. The Bertz CT molecular complexity index is 712. The Labute approximate surface area is 131 Å². The second kappa shape index (κ2) is 5.29. The Kier molecular flexibility index (Phi) is 3.27. The molecule has 4 rings (SSSR count). The van der Waals surface area contributed by atoms with E-state index in [4.69, 9.17) is 4.74 Å². The van der Waals surface area contributed by atoms with Crippen molar-refractivity contribution < 1.29 is 4.74 Å². The van der Waals surface area contributed by atoms with Gasteiger partial charge in [0.15, 0.2) is 0 Å². The van der Waals surface area contributed by atoms with Crippen molar-refractivity contribution in [1.29, 1.82) is 0 Å². The Hall–Kier alpha value is -2.06. The molecule has 0 bridgehead atoms. The number of piperidine rings is 1. The minimum atomic E-state index is -0.154. The van der Waals surface area contributed by atoms with Crippen molar-refractivity contribution >= 4 is 5.57 Å². The van der Waals surface area contributed by atoms with Crippen molar-refractivity contribution in [3.05, 3.63) is 71.3 Å². The fourth-order valence-electron chi connectivity index (χ4n) is 3.49. The summed E-state index contributed by atoms with van der Waals surface area (Å²) in [6.45, 7) is 4.16. The van der Waals surface area contributed by atoms with Crippen LogP contribution in [0, 0.1) is 6.92 Å². The summed E-state index contributed by atoms with van der Waals surface area (Å²) >= 11 is 0. The highest BCUT2D eigenvalue weighted by Crippen LogP contribution is 2.42. The summed E-state index contributed by atoms with van der Waals surface area (Å²) in [6.07, 6.45) is 4.41. The van der Waals surface area contributed by atoms with Crippen LogP contribution < -0.4 is 10.1 Å². The van der Waals surface area contributed by atoms with Crippen molar-refractivity contribution in [2.24, 2.45) is 0 Å². The molecule has 112 valence electrons. The highest BCUT2D eigenvalue weighted by atomic mass is 16.5. The number of nitrogens with one attached hydrogen (secondary N) is 1. The topological polar surface area (TPSA) is 21.3 Å². The maximum Gasteiger partial charge on any atom is 0.130 e. The average molecular weight is 291 g/mol. The largest absolute Gasteiger partial charge is 0.482 e. The summed E-state index contributed by atoms with van der Waals surface area (Å²) in [6, 6.07) is 17.2. The molecule has 2 aromatic carbocycles. The number of hydrogen-bond donors (Lipinski definition) is 1. The van der Waals surface area contributed by atoms with Crippen LogP contribution in [0.25, 0.3) is 5.57 Å². The molecule has 1 N–H and O–H groups in total. The molecule has 0 aliphatic carbocycles. The highest BCUT2D eigenvalue weighted by molar-refractivity contribution is 5.85. The SMILES string of the molecule is Cc1ccc2c(c1)C(c1ccccc1)=CC1(CCNCC1)O2. The smallest absolute Gasteiger partial charge is 0.130 e. The molecule has 1 spiro atoms. The first-order valence-corrected chi connectivity index (χ1v) is 8.05. The van der Waals surface area contributed by atoms with Gasteiger partial charge in [-0.2, -0.15) is 0 Å². The zero-order valence-electron chi connectivity index (χ0n) is 12.9. The maximum absolute atomic E-state index is 6.45. The van der Waals surface area contributed by atoms with E-state index in [1.165, 1.54) is 22.3 Å². The van der Waals surface area contributed by atoms with E-state index in [1.807, 2.05) is 0 Å². The summed E-state index contributed by atoms with van der Waals surface area (Å²) in [5, 5.41) is 3.43. The van der Waals surface area contributed by atoms with E-state index in [2.05, 4.69) is 66.8 Å². The van der Waals surface area contributed by atoms with Crippen molar-refractivity contribution in [2.75, 3.05) is 13.1 Å². The molecule has 0 aromatic heterocycles. The highest BCUT2D eigenvalue weighted by Gasteiger charge is 2.36. The van der Waals surface area contributed by atoms with E-state index in [1.54, 1.807) is 0 Å². The first-order chi connectivity index (χ1) is 10.8. The van der Waals surface area contributed by atoms with Crippen LogP contribution in [0.3, 0.4) is 0 Å². The summed E-state index contributed by atoms with van der Waals surface area (Å²) in [5.74, 6) is 1.02. The molecule has 22 heavy (non-hydrogen) atoms. The van der Waals surface area contributed by atoms with Gasteiger partial charge in [0.2, 0.25) is 0 Å². The van der Waals surface area contributed by atoms with Crippen molar-refractivity contribution in [3.63, 3.8) is 0 Å². The van der Waals surface area contributed by atoms with E-state index < -0.39 is 0 Å². The quantitative estimate of drug-likeness (QED) is 0.859. The first kappa shape index (κ1) is 13.6. The normalized spacial score (nSPS) is 19.2. The molecule has 0 unspecified atom stereocenters. The number of ether oxygens (including phenoxy) is 1. The van der Waals surface area contributed by atoms with Gasteiger partial charge < -0.3 is 10.1 Å². The van der Waals surface area contributed by atoms with Gasteiger partial charge in [0.1, 0.15) is 11.4 Å². The number of aryl methyl sites for hydroxylation is 1. The molecule has 2 aromatic rings. The van der Waals surface area contributed by atoms with Crippen LogP contribution in [0.5, 0.6) is 5.75 Å². The van der Waals surface area contributed by atoms with Gasteiger partial charge in [-0.3, -0.25) is 0 Å². The van der Waals surface area contributed by atoms with Crippen LogP contribution in [-0.4, -0.2) is 18.7 Å². The van der Waals surface area contributed by atoms with Gasteiger partial charge in [-0.1, -0.05) is 42.0 Å². The molecule has 0 saturated carbocycles. The number of fused-ring (bicyclic) bond motifs is 1. The molecule has 2 heteroatoms. The number of benzene rings is 2. The third-order valence-electron chi connectivity index (χ3n) is 4.68. The molecule has 2 aliphatic rings. The van der Waals surface area contributed by atoms with E-state index >= 15 is 0 Å². The van der Waals surface area contributed by atoms with Crippen LogP contribution >= 0.6 is 0 Å². The van der Waals surface area contributed by atoms with Gasteiger partial charge in [-0.15, -0.1) is 0 Å². The predicted molar refractivity (Wildman–Crippen MR) is 90.2 cm³/mol. The van der Waals surface area contributed by atoms with E-state index in [9.17, 15) is 0 Å². The van der Waals surface area contributed by atoms with Crippen LogP contribution in [-0.2, 0) is 0 Å². The zero-order valence-corrected chi connectivity index (χ0v) is 12.9. The molecule has 2 heterocycles. The lowest BCUT2D eigenvalue weighted by Crippen LogP contribution is -2.46. The molecule has 2 nitrogen and oxygen atoms in total. The second-order valence-corrected chi connectivity index (χ2v) is 6.34. The van der Waals surface area contributed by atoms with Gasteiger partial charge in [-0.05, 0) is 49.4 Å². The van der Waals surface area contributed by atoms with Gasteiger partial charge in [-0.25, -0.2) is 0 Å². The van der Waals surface area contributed by atoms with Crippen molar-refractivity contribution in [2.45, 2.75) is 25.4 Å². The van der Waals surface area contributed by atoms with Crippen LogP contribution in [0.4, 0.5) is 0 Å². The van der Waals surface area contributed by atoms with Gasteiger partial charge in [0.25, 0.3) is 0 Å². The predicted octanol–water partition coefficient (Wildman–Crippen LogP) is 3.94. The molecule has 0 radical (unpaired) electrons. The lowest BCUT2D eigenvalue weighted by Gasteiger charge is -2.40. The molecular weight excluding hydrogens is 270 g/mol. The Morgan fingerprint density at radius 1 is 1.00 bits per heavy atom. The Morgan fingerprint density at radius 3 is 2.55 bits per heavy atom. The summed E-state index contributed by atoms with van der Waals surface area (Å²) in [5.41, 5.74) is 4.92. The van der Waals surface area contributed by atoms with E-state index in [0.717, 1.165) is 31.7 Å².